The van der Waals surface area contributed by atoms with E-state index in [4.69, 9.17) is 5.73 Å². The van der Waals surface area contributed by atoms with Gasteiger partial charge in [0, 0.05) is 19.3 Å². The van der Waals surface area contributed by atoms with Crippen LogP contribution in [0.3, 0.4) is 0 Å². The number of likely N-dealkylation sites (tertiary alicyclic amines) is 1. The summed E-state index contributed by atoms with van der Waals surface area (Å²) in [5, 5.41) is 5.74. The van der Waals surface area contributed by atoms with Crippen LogP contribution in [0.2, 0.25) is 0 Å². The molecule has 0 radical (unpaired) electrons. The molecule has 200 valence electrons. The minimum Gasteiger partial charge on any atom is -0.343 e. The van der Waals surface area contributed by atoms with Crippen LogP contribution in [-0.2, 0) is 14.4 Å². The molecule has 2 atom stereocenters. The molecule has 4 N–H and O–H groups in total. The lowest BCUT2D eigenvalue weighted by atomic mass is 9.84. The third kappa shape index (κ3) is 6.97. The highest BCUT2D eigenvalue weighted by molar-refractivity contribution is 5.98. The molecule has 0 bridgehead atoms. The third-order valence-corrected chi connectivity index (χ3v) is 7.42. The molecule has 37 heavy (non-hydrogen) atoms. The molecule has 0 spiro atoms. The van der Waals surface area contributed by atoms with Crippen LogP contribution in [0.25, 0.3) is 0 Å². The first-order chi connectivity index (χ1) is 17.7. The molecule has 1 saturated heterocycles. The molecule has 2 heterocycles. The maximum absolute atomic E-state index is 13.5. The number of carbonyl (C=O) groups is 3. The van der Waals surface area contributed by atoms with Crippen molar-refractivity contribution in [1.29, 1.82) is 0 Å². The fraction of sp³-hybridized carbons (Fsp3) is 0.571. The van der Waals surface area contributed by atoms with Gasteiger partial charge in [0.25, 0.3) is 0 Å². The monoisotopic (exact) mass is 508 g/mol. The molecule has 1 saturated carbocycles. The summed E-state index contributed by atoms with van der Waals surface area (Å²) in [6.07, 6.45) is 11.5. The highest BCUT2D eigenvalue weighted by atomic mass is 16.2. The number of rotatable bonds is 9. The number of imidazole rings is 1. The first kappa shape index (κ1) is 26.9. The van der Waals surface area contributed by atoms with Crippen molar-refractivity contribution in [3.8, 4) is 0 Å². The molecular formula is C28H40N6O3. The van der Waals surface area contributed by atoms with Crippen LogP contribution in [0.15, 0.2) is 42.9 Å². The Kier molecular flexibility index (Phi) is 8.63. The summed E-state index contributed by atoms with van der Waals surface area (Å²) in [6.45, 7) is 4.75. The molecule has 4 rings (SSSR count). The molecule has 2 aliphatic rings. The Labute approximate surface area is 219 Å². The Bertz CT molecular complexity index is 1070. The smallest absolute Gasteiger partial charge is 0.250 e. The molecular weight excluding hydrogens is 468 g/mol. The highest BCUT2D eigenvalue weighted by Gasteiger charge is 2.32. The van der Waals surface area contributed by atoms with E-state index in [1.165, 1.54) is 6.42 Å². The van der Waals surface area contributed by atoms with Crippen LogP contribution in [0.1, 0.15) is 76.8 Å². The number of anilines is 1. The number of hydrogen-bond acceptors (Lipinski definition) is 5. The van der Waals surface area contributed by atoms with Crippen LogP contribution in [0.4, 0.5) is 5.82 Å². The summed E-state index contributed by atoms with van der Waals surface area (Å²) in [6, 6.07) is 8.34. The van der Waals surface area contributed by atoms with E-state index in [-0.39, 0.29) is 17.7 Å². The zero-order valence-corrected chi connectivity index (χ0v) is 22.0. The molecule has 3 amide bonds. The van der Waals surface area contributed by atoms with E-state index in [9.17, 15) is 14.4 Å². The summed E-state index contributed by atoms with van der Waals surface area (Å²) in [5.74, 6) is 0.0512. The quantitative estimate of drug-likeness (QED) is 0.480. The summed E-state index contributed by atoms with van der Waals surface area (Å²) in [5.41, 5.74) is 5.76. The highest BCUT2D eigenvalue weighted by Crippen LogP contribution is 2.28. The van der Waals surface area contributed by atoms with Crippen molar-refractivity contribution in [2.75, 3.05) is 18.4 Å². The van der Waals surface area contributed by atoms with E-state index >= 15 is 0 Å². The van der Waals surface area contributed by atoms with Gasteiger partial charge in [0.15, 0.2) is 5.82 Å². The van der Waals surface area contributed by atoms with E-state index in [0.717, 1.165) is 57.2 Å². The summed E-state index contributed by atoms with van der Waals surface area (Å²) in [7, 11) is 0. The topological polar surface area (TPSA) is 122 Å². The van der Waals surface area contributed by atoms with Crippen molar-refractivity contribution in [1.82, 2.24) is 19.8 Å². The minimum absolute atomic E-state index is 0.0200. The minimum atomic E-state index is -1.09. The van der Waals surface area contributed by atoms with Crippen molar-refractivity contribution < 1.29 is 14.4 Å². The van der Waals surface area contributed by atoms with Crippen LogP contribution in [-0.4, -0.2) is 56.8 Å². The SMILES string of the molecule is CC(C)(N)C(=O)N[C@H](CC1CCCCC1)C(=O)Nc1cn(C(C(=O)N2CCCC2)c2ccccc2)cn1. The van der Waals surface area contributed by atoms with Gasteiger partial charge in [-0.05, 0) is 44.6 Å². The molecule has 9 heteroatoms. The number of hydrogen-bond donors (Lipinski definition) is 3. The van der Waals surface area contributed by atoms with Crippen molar-refractivity contribution in [2.45, 2.75) is 82.8 Å². The van der Waals surface area contributed by atoms with Gasteiger partial charge in [-0.3, -0.25) is 14.4 Å². The van der Waals surface area contributed by atoms with E-state index in [0.29, 0.717) is 18.2 Å². The van der Waals surface area contributed by atoms with E-state index in [1.54, 1.807) is 30.9 Å². The number of carbonyl (C=O) groups excluding carboxylic acids is 3. The van der Waals surface area contributed by atoms with Gasteiger partial charge in [-0.2, -0.15) is 0 Å². The van der Waals surface area contributed by atoms with Gasteiger partial charge in [-0.25, -0.2) is 4.98 Å². The van der Waals surface area contributed by atoms with Crippen molar-refractivity contribution in [3.63, 3.8) is 0 Å². The average Bonchev–Trinajstić information content (AvgIpc) is 3.57. The second-order valence-corrected chi connectivity index (χ2v) is 11.0. The zero-order chi connectivity index (χ0) is 26.4. The normalized spacial score (nSPS) is 18.3. The molecule has 1 unspecified atom stereocenters. The lowest BCUT2D eigenvalue weighted by Gasteiger charge is -2.28. The Balaban J connectivity index is 1.51. The summed E-state index contributed by atoms with van der Waals surface area (Å²) < 4.78 is 1.75. The largest absolute Gasteiger partial charge is 0.343 e. The summed E-state index contributed by atoms with van der Waals surface area (Å²) in [4.78, 5) is 45.7. The average molecular weight is 509 g/mol. The zero-order valence-electron chi connectivity index (χ0n) is 22.0. The first-order valence-electron chi connectivity index (χ1n) is 13.5. The number of benzene rings is 1. The predicted molar refractivity (Wildman–Crippen MR) is 143 cm³/mol. The van der Waals surface area contributed by atoms with Gasteiger partial charge in [0.1, 0.15) is 12.1 Å². The molecule has 9 nitrogen and oxygen atoms in total. The van der Waals surface area contributed by atoms with Gasteiger partial charge >= 0.3 is 0 Å². The van der Waals surface area contributed by atoms with Crippen molar-refractivity contribution >= 4 is 23.5 Å². The standard InChI is InChI=1S/C28H40N6O3/c1-28(2,29)27(37)31-22(17-20-11-5-3-6-12-20)25(35)32-23-18-34(19-30-23)24(21-13-7-4-8-14-21)26(36)33-15-9-10-16-33/h4,7-8,13-14,18-20,22,24H,3,5-6,9-12,15-17,29H2,1-2H3,(H,31,37)(H,32,35)/t22-,24?/m1/s1. The summed E-state index contributed by atoms with van der Waals surface area (Å²) >= 11 is 0. The number of nitrogens with two attached hydrogens (primary N) is 1. The first-order valence-corrected chi connectivity index (χ1v) is 13.5. The van der Waals surface area contributed by atoms with Crippen LogP contribution >= 0.6 is 0 Å². The molecule has 1 aliphatic heterocycles. The van der Waals surface area contributed by atoms with Crippen molar-refractivity contribution in [2.24, 2.45) is 11.7 Å². The number of nitrogens with one attached hydrogen (secondary N) is 2. The molecule has 2 fully saturated rings. The van der Waals surface area contributed by atoms with E-state index < -0.39 is 17.6 Å². The Morgan fingerprint density at radius 2 is 1.73 bits per heavy atom. The van der Waals surface area contributed by atoms with Gasteiger partial charge in [0.05, 0.1) is 11.9 Å². The Hall–Kier alpha value is -3.20. The van der Waals surface area contributed by atoms with E-state index in [1.807, 2.05) is 35.2 Å². The predicted octanol–water partition coefficient (Wildman–Crippen LogP) is 3.23. The van der Waals surface area contributed by atoms with Crippen LogP contribution in [0.5, 0.6) is 0 Å². The van der Waals surface area contributed by atoms with Crippen LogP contribution in [0, 0.1) is 5.92 Å². The maximum Gasteiger partial charge on any atom is 0.250 e. The Morgan fingerprint density at radius 1 is 1.05 bits per heavy atom. The van der Waals surface area contributed by atoms with Gasteiger partial charge in [-0.15, -0.1) is 0 Å². The third-order valence-electron chi connectivity index (χ3n) is 7.42. The van der Waals surface area contributed by atoms with Crippen molar-refractivity contribution in [3.05, 3.63) is 48.4 Å². The lowest BCUT2D eigenvalue weighted by Crippen LogP contribution is -2.55. The van der Waals surface area contributed by atoms with E-state index in [2.05, 4.69) is 15.6 Å². The number of aromatic nitrogens is 2. The van der Waals surface area contributed by atoms with Gasteiger partial charge < -0.3 is 25.8 Å². The maximum atomic E-state index is 13.5. The number of amides is 3. The van der Waals surface area contributed by atoms with Gasteiger partial charge in [0.2, 0.25) is 17.7 Å². The molecule has 1 aromatic heterocycles. The Morgan fingerprint density at radius 3 is 2.38 bits per heavy atom. The van der Waals surface area contributed by atoms with Gasteiger partial charge in [-0.1, -0.05) is 62.4 Å². The van der Waals surface area contributed by atoms with Crippen LogP contribution < -0.4 is 16.4 Å². The second kappa shape index (κ2) is 11.9. The fourth-order valence-corrected chi connectivity index (χ4v) is 5.28. The molecule has 1 aromatic carbocycles. The second-order valence-electron chi connectivity index (χ2n) is 11.0. The molecule has 1 aliphatic carbocycles. The molecule has 2 aromatic rings. The lowest BCUT2D eigenvalue weighted by molar-refractivity contribution is -0.132. The number of nitrogens with zero attached hydrogens (tertiary/aromatic N) is 3. The fourth-order valence-electron chi connectivity index (χ4n) is 5.28.